The minimum absolute atomic E-state index is 0.138. The van der Waals surface area contributed by atoms with E-state index >= 15 is 0 Å². The molecule has 0 aliphatic carbocycles. The highest BCUT2D eigenvalue weighted by atomic mass is 16.3. The molecule has 0 spiro atoms. The fourth-order valence-corrected chi connectivity index (χ4v) is 3.06. The van der Waals surface area contributed by atoms with E-state index in [1.54, 1.807) is 38.4 Å². The van der Waals surface area contributed by atoms with Crippen LogP contribution in [-0.2, 0) is 15.1 Å². The van der Waals surface area contributed by atoms with Crippen LogP contribution >= 0.6 is 0 Å². The van der Waals surface area contributed by atoms with Crippen LogP contribution in [0.1, 0.15) is 25.3 Å². The fourth-order valence-electron chi connectivity index (χ4n) is 3.06. The number of fused-ring (bicyclic) bond motifs is 1. The van der Waals surface area contributed by atoms with Crippen LogP contribution in [0.5, 0.6) is 11.8 Å². The number of aliphatic imine (C=N–C) groups is 1. The zero-order chi connectivity index (χ0) is 16.8. The normalized spacial score (nSPS) is 22.0. The number of hydrogen-bond donors (Lipinski definition) is 3. The minimum atomic E-state index is -1.25. The van der Waals surface area contributed by atoms with Crippen molar-refractivity contribution < 1.29 is 19.8 Å². The number of hydrogen-bond acceptors (Lipinski definition) is 5. The second kappa shape index (κ2) is 5.12. The Balaban J connectivity index is 2.29. The third-order valence-electron chi connectivity index (χ3n) is 4.33. The molecule has 0 unspecified atom stereocenters. The summed E-state index contributed by atoms with van der Waals surface area (Å²) in [5.74, 6) is -1.34. The Morgan fingerprint density at radius 3 is 2.70 bits per heavy atom. The summed E-state index contributed by atoms with van der Waals surface area (Å²) in [6.45, 7) is 1.58. The Morgan fingerprint density at radius 2 is 2.04 bits per heavy atom. The van der Waals surface area contributed by atoms with Crippen molar-refractivity contribution in [3.8, 4) is 11.8 Å². The minimum Gasteiger partial charge on any atom is -0.494 e. The summed E-state index contributed by atoms with van der Waals surface area (Å²) in [6, 6.07) is 5.14. The standard InChI is InChI=1S/C16H17N3O4/c1-16(7-6-11(20)18-15(16)23)19-13(21)10-5-3-4-9(8-17-2)12(10)14(19)22/h3-5,8,21-22H,6-7H2,1-2H3,(H,18,20,23)/t16-/m0/s1. The maximum atomic E-state index is 12.3. The lowest BCUT2D eigenvalue weighted by atomic mass is 9.90. The summed E-state index contributed by atoms with van der Waals surface area (Å²) < 4.78 is 1.19. The molecule has 23 heavy (non-hydrogen) atoms. The van der Waals surface area contributed by atoms with E-state index in [1.165, 1.54) is 4.57 Å². The summed E-state index contributed by atoms with van der Waals surface area (Å²) in [4.78, 5) is 27.6. The molecule has 3 rings (SSSR count). The molecule has 120 valence electrons. The van der Waals surface area contributed by atoms with E-state index in [1.807, 2.05) is 0 Å². The highest BCUT2D eigenvalue weighted by molar-refractivity contribution is 6.07. The molecule has 0 bridgehead atoms. The van der Waals surface area contributed by atoms with Crippen molar-refractivity contribution >= 4 is 28.8 Å². The van der Waals surface area contributed by atoms with Crippen molar-refractivity contribution in [2.75, 3.05) is 7.05 Å². The summed E-state index contributed by atoms with van der Waals surface area (Å²) in [5, 5.41) is 24.3. The lowest BCUT2D eigenvalue weighted by molar-refractivity contribution is -0.140. The van der Waals surface area contributed by atoms with E-state index in [2.05, 4.69) is 10.3 Å². The first-order chi connectivity index (χ1) is 10.9. The van der Waals surface area contributed by atoms with E-state index in [0.717, 1.165) is 0 Å². The van der Waals surface area contributed by atoms with Crippen molar-refractivity contribution in [3.63, 3.8) is 0 Å². The molecule has 1 aliphatic rings. The maximum absolute atomic E-state index is 12.3. The van der Waals surface area contributed by atoms with Gasteiger partial charge in [0.05, 0.1) is 5.39 Å². The highest BCUT2D eigenvalue weighted by Crippen LogP contribution is 2.44. The van der Waals surface area contributed by atoms with Gasteiger partial charge in [-0.1, -0.05) is 12.1 Å². The number of aromatic nitrogens is 1. The van der Waals surface area contributed by atoms with Crippen molar-refractivity contribution in [2.45, 2.75) is 25.3 Å². The molecule has 1 fully saturated rings. The van der Waals surface area contributed by atoms with E-state index < -0.39 is 11.4 Å². The number of carbonyl (C=O) groups excluding carboxylic acids is 2. The average molecular weight is 315 g/mol. The van der Waals surface area contributed by atoms with Gasteiger partial charge in [0, 0.05) is 30.6 Å². The lowest BCUT2D eigenvalue weighted by Crippen LogP contribution is -2.52. The van der Waals surface area contributed by atoms with Gasteiger partial charge in [0.15, 0.2) is 0 Å². The van der Waals surface area contributed by atoms with E-state index in [4.69, 9.17) is 0 Å². The Kier molecular flexibility index (Phi) is 3.35. The molecule has 3 N–H and O–H groups in total. The molecule has 2 amide bonds. The van der Waals surface area contributed by atoms with Crippen LogP contribution in [0.2, 0.25) is 0 Å². The molecule has 1 aromatic heterocycles. The second-order valence-electron chi connectivity index (χ2n) is 5.79. The summed E-state index contributed by atoms with van der Waals surface area (Å²) in [7, 11) is 1.61. The van der Waals surface area contributed by atoms with Gasteiger partial charge in [-0.3, -0.25) is 24.5 Å². The van der Waals surface area contributed by atoms with Crippen LogP contribution in [0.25, 0.3) is 10.8 Å². The molecule has 1 atom stereocenters. The van der Waals surface area contributed by atoms with Gasteiger partial charge >= 0.3 is 0 Å². The molecular formula is C16H17N3O4. The quantitative estimate of drug-likeness (QED) is 0.573. The molecule has 1 saturated heterocycles. The van der Waals surface area contributed by atoms with Crippen LogP contribution in [0.4, 0.5) is 0 Å². The largest absolute Gasteiger partial charge is 0.494 e. The predicted octanol–water partition coefficient (Wildman–Crippen LogP) is 1.25. The van der Waals surface area contributed by atoms with Crippen molar-refractivity contribution in [1.82, 2.24) is 9.88 Å². The number of rotatable bonds is 2. The van der Waals surface area contributed by atoms with Crippen LogP contribution in [0, 0.1) is 0 Å². The Labute approximate surface area is 132 Å². The van der Waals surface area contributed by atoms with E-state index in [0.29, 0.717) is 16.3 Å². The van der Waals surface area contributed by atoms with E-state index in [-0.39, 0.29) is 30.5 Å². The number of imide groups is 1. The Bertz CT molecular complexity index is 853. The molecule has 1 aromatic carbocycles. The molecule has 1 aliphatic heterocycles. The van der Waals surface area contributed by atoms with Crippen molar-refractivity contribution in [1.29, 1.82) is 0 Å². The summed E-state index contributed by atoms with van der Waals surface area (Å²) >= 11 is 0. The zero-order valence-electron chi connectivity index (χ0n) is 12.8. The molecular weight excluding hydrogens is 298 g/mol. The first kappa shape index (κ1) is 15.1. The number of benzene rings is 1. The number of carbonyl (C=O) groups is 2. The number of amides is 2. The first-order valence-corrected chi connectivity index (χ1v) is 7.22. The number of nitrogens with zero attached hydrogens (tertiary/aromatic N) is 2. The van der Waals surface area contributed by atoms with Crippen LogP contribution in [0.15, 0.2) is 23.2 Å². The first-order valence-electron chi connectivity index (χ1n) is 7.22. The topological polar surface area (TPSA) is 104 Å². The number of aromatic hydroxyl groups is 2. The van der Waals surface area contributed by atoms with Gasteiger partial charge in [0.2, 0.25) is 17.7 Å². The third-order valence-corrected chi connectivity index (χ3v) is 4.33. The molecule has 0 saturated carbocycles. The van der Waals surface area contributed by atoms with Gasteiger partial charge in [0.1, 0.15) is 5.54 Å². The van der Waals surface area contributed by atoms with Gasteiger partial charge in [-0.15, -0.1) is 0 Å². The number of piperidine rings is 1. The van der Waals surface area contributed by atoms with E-state index in [9.17, 15) is 19.8 Å². The molecule has 7 heteroatoms. The highest BCUT2D eigenvalue weighted by Gasteiger charge is 2.43. The Hall–Kier alpha value is -2.83. The Morgan fingerprint density at radius 1 is 1.30 bits per heavy atom. The predicted molar refractivity (Wildman–Crippen MR) is 84.8 cm³/mol. The average Bonchev–Trinajstić information content (AvgIpc) is 2.77. The number of nitrogens with one attached hydrogen (secondary N) is 1. The van der Waals surface area contributed by atoms with Gasteiger partial charge < -0.3 is 10.2 Å². The van der Waals surface area contributed by atoms with Crippen LogP contribution in [-0.4, -0.2) is 39.9 Å². The monoisotopic (exact) mass is 315 g/mol. The molecule has 7 nitrogen and oxygen atoms in total. The zero-order valence-corrected chi connectivity index (χ0v) is 12.8. The lowest BCUT2D eigenvalue weighted by Gasteiger charge is -2.33. The second-order valence-corrected chi connectivity index (χ2v) is 5.79. The van der Waals surface area contributed by atoms with Crippen LogP contribution in [0.3, 0.4) is 0 Å². The molecule has 2 aromatic rings. The summed E-state index contributed by atoms with van der Waals surface area (Å²) in [6.07, 6.45) is 1.90. The molecule has 0 radical (unpaired) electrons. The SMILES string of the molecule is CN=Cc1cccc2c(O)n([C@@]3(C)CCC(=O)NC3=O)c(O)c12. The van der Waals surface area contributed by atoms with Crippen molar-refractivity contribution in [3.05, 3.63) is 23.8 Å². The van der Waals surface area contributed by atoms with Gasteiger partial charge in [-0.25, -0.2) is 0 Å². The summed E-state index contributed by atoms with van der Waals surface area (Å²) in [5.41, 5.74) is -0.616. The van der Waals surface area contributed by atoms with Crippen LogP contribution < -0.4 is 5.32 Å². The molecule has 2 heterocycles. The van der Waals surface area contributed by atoms with Gasteiger partial charge in [-0.2, -0.15) is 0 Å². The maximum Gasteiger partial charge on any atom is 0.252 e. The van der Waals surface area contributed by atoms with Gasteiger partial charge in [0.25, 0.3) is 5.91 Å². The third kappa shape index (κ3) is 2.08. The van der Waals surface area contributed by atoms with Gasteiger partial charge in [-0.05, 0) is 19.4 Å². The smallest absolute Gasteiger partial charge is 0.252 e. The van der Waals surface area contributed by atoms with Crippen molar-refractivity contribution in [2.24, 2.45) is 4.99 Å². The fraction of sp³-hybridized carbons (Fsp3) is 0.312.